The molecule has 1 unspecified atom stereocenters. The highest BCUT2D eigenvalue weighted by Crippen LogP contribution is 2.37. The average molecular weight is 310 g/mol. The van der Waals surface area contributed by atoms with Crippen LogP contribution in [-0.2, 0) is 6.54 Å². The van der Waals surface area contributed by atoms with Gasteiger partial charge in [0.05, 0.1) is 5.02 Å². The van der Waals surface area contributed by atoms with Gasteiger partial charge in [0.25, 0.3) is 0 Å². The number of likely N-dealkylation sites (tertiary alicyclic amines) is 1. The number of thiophene rings is 1. The Balaban J connectivity index is 1.77. The van der Waals surface area contributed by atoms with E-state index in [9.17, 15) is 0 Å². The van der Waals surface area contributed by atoms with Gasteiger partial charge in [-0.3, -0.25) is 4.90 Å². The molecule has 1 aromatic heterocycles. The molecule has 0 radical (unpaired) electrons. The summed E-state index contributed by atoms with van der Waals surface area (Å²) in [6.45, 7) is 2.41. The van der Waals surface area contributed by atoms with Crippen LogP contribution >= 0.6 is 22.9 Å². The first-order chi connectivity index (χ1) is 9.79. The predicted octanol–water partition coefficient (Wildman–Crippen LogP) is 4.29. The lowest BCUT2D eigenvalue weighted by atomic mass is 10.1. The molecule has 20 heavy (non-hydrogen) atoms. The standard InChI is InChI=1S/C16H20ClNOS/c17-16-13-7-1-2-8-14(13)20-15(16)11-18-9-3-5-12(18)6-4-10-19/h1-2,7-8,12,19H,3-6,9-11H2. The van der Waals surface area contributed by atoms with Crippen molar-refractivity contribution in [3.63, 3.8) is 0 Å². The fraction of sp³-hybridized carbons (Fsp3) is 0.500. The van der Waals surface area contributed by atoms with Crippen molar-refractivity contribution >= 4 is 33.0 Å². The van der Waals surface area contributed by atoms with Crippen LogP contribution in [0.3, 0.4) is 0 Å². The monoisotopic (exact) mass is 309 g/mol. The van der Waals surface area contributed by atoms with Crippen molar-refractivity contribution in [3.05, 3.63) is 34.2 Å². The molecule has 0 amide bonds. The summed E-state index contributed by atoms with van der Waals surface area (Å²) in [7, 11) is 0. The van der Waals surface area contributed by atoms with Gasteiger partial charge in [0.1, 0.15) is 0 Å². The van der Waals surface area contributed by atoms with Gasteiger partial charge in [-0.1, -0.05) is 29.8 Å². The zero-order chi connectivity index (χ0) is 13.9. The predicted molar refractivity (Wildman–Crippen MR) is 86.6 cm³/mol. The number of hydrogen-bond donors (Lipinski definition) is 1. The number of rotatable bonds is 5. The molecule has 3 rings (SSSR count). The molecule has 0 bridgehead atoms. The van der Waals surface area contributed by atoms with Gasteiger partial charge >= 0.3 is 0 Å². The molecule has 2 heterocycles. The van der Waals surface area contributed by atoms with E-state index in [0.717, 1.165) is 31.0 Å². The lowest BCUT2D eigenvalue weighted by Gasteiger charge is -2.23. The summed E-state index contributed by atoms with van der Waals surface area (Å²) in [5.74, 6) is 0. The molecule has 0 spiro atoms. The van der Waals surface area contributed by atoms with Crippen LogP contribution in [0.5, 0.6) is 0 Å². The minimum absolute atomic E-state index is 0.300. The van der Waals surface area contributed by atoms with Gasteiger partial charge in [0.2, 0.25) is 0 Å². The Labute approximate surface area is 129 Å². The number of hydrogen-bond acceptors (Lipinski definition) is 3. The van der Waals surface area contributed by atoms with Gasteiger partial charge in [-0.25, -0.2) is 0 Å². The molecule has 2 nitrogen and oxygen atoms in total. The normalized spacial score (nSPS) is 20.0. The molecular weight excluding hydrogens is 290 g/mol. The zero-order valence-electron chi connectivity index (χ0n) is 11.5. The summed E-state index contributed by atoms with van der Waals surface area (Å²) in [4.78, 5) is 3.82. The SMILES string of the molecule is OCCCC1CCCN1Cc1sc2ccccc2c1Cl. The number of fused-ring (bicyclic) bond motifs is 1. The van der Waals surface area contributed by atoms with Crippen molar-refractivity contribution in [2.75, 3.05) is 13.2 Å². The first-order valence-electron chi connectivity index (χ1n) is 7.30. The van der Waals surface area contributed by atoms with E-state index in [2.05, 4.69) is 23.1 Å². The van der Waals surface area contributed by atoms with E-state index in [0.29, 0.717) is 12.6 Å². The lowest BCUT2D eigenvalue weighted by molar-refractivity contribution is 0.211. The summed E-state index contributed by atoms with van der Waals surface area (Å²) in [5, 5.41) is 11.1. The Bertz CT molecular complexity index is 583. The smallest absolute Gasteiger partial charge is 0.0637 e. The Morgan fingerprint density at radius 2 is 2.20 bits per heavy atom. The Morgan fingerprint density at radius 1 is 1.35 bits per heavy atom. The minimum Gasteiger partial charge on any atom is -0.396 e. The first kappa shape index (κ1) is 14.3. The second kappa shape index (κ2) is 6.44. The zero-order valence-corrected chi connectivity index (χ0v) is 13.1. The quantitative estimate of drug-likeness (QED) is 0.890. The summed E-state index contributed by atoms with van der Waals surface area (Å²) in [6.07, 6.45) is 4.52. The highest BCUT2D eigenvalue weighted by Gasteiger charge is 2.25. The van der Waals surface area contributed by atoms with Gasteiger partial charge in [-0.2, -0.15) is 0 Å². The van der Waals surface area contributed by atoms with Crippen LogP contribution in [0.2, 0.25) is 5.02 Å². The van der Waals surface area contributed by atoms with Gasteiger partial charge in [0, 0.05) is 34.2 Å². The van der Waals surface area contributed by atoms with Crippen molar-refractivity contribution in [1.82, 2.24) is 4.90 Å². The average Bonchev–Trinajstić information content (AvgIpc) is 3.03. The van der Waals surface area contributed by atoms with E-state index in [1.54, 1.807) is 0 Å². The molecular formula is C16H20ClNOS. The van der Waals surface area contributed by atoms with Crippen molar-refractivity contribution in [3.8, 4) is 0 Å². The van der Waals surface area contributed by atoms with Crippen LogP contribution < -0.4 is 0 Å². The van der Waals surface area contributed by atoms with E-state index in [1.165, 1.54) is 27.8 Å². The molecule has 1 N–H and O–H groups in total. The maximum atomic E-state index is 9.00. The third-order valence-corrected chi connectivity index (χ3v) is 5.84. The molecule has 0 aliphatic carbocycles. The number of nitrogens with zero attached hydrogens (tertiary/aromatic N) is 1. The van der Waals surface area contributed by atoms with Crippen LogP contribution in [0.25, 0.3) is 10.1 Å². The van der Waals surface area contributed by atoms with Crippen LogP contribution in [0.1, 0.15) is 30.6 Å². The van der Waals surface area contributed by atoms with E-state index in [4.69, 9.17) is 16.7 Å². The van der Waals surface area contributed by atoms with E-state index >= 15 is 0 Å². The molecule has 1 atom stereocenters. The number of halogens is 1. The third-order valence-electron chi connectivity index (χ3n) is 4.14. The third kappa shape index (κ3) is 2.86. The Hall–Kier alpha value is -0.610. The second-order valence-corrected chi connectivity index (χ2v) is 6.98. The summed E-state index contributed by atoms with van der Waals surface area (Å²) in [6, 6.07) is 8.97. The van der Waals surface area contributed by atoms with Crippen molar-refractivity contribution in [1.29, 1.82) is 0 Å². The lowest BCUT2D eigenvalue weighted by Crippen LogP contribution is -2.28. The van der Waals surface area contributed by atoms with Gasteiger partial charge in [-0.05, 0) is 38.3 Å². The Kier molecular flexibility index (Phi) is 4.61. The summed E-state index contributed by atoms with van der Waals surface area (Å²) in [5.41, 5.74) is 0. The maximum absolute atomic E-state index is 9.00. The fourth-order valence-corrected chi connectivity index (χ4v) is 4.63. The van der Waals surface area contributed by atoms with Crippen LogP contribution in [0.15, 0.2) is 24.3 Å². The van der Waals surface area contributed by atoms with Gasteiger partial charge in [-0.15, -0.1) is 11.3 Å². The molecule has 4 heteroatoms. The number of aliphatic hydroxyl groups is 1. The van der Waals surface area contributed by atoms with E-state index in [1.807, 2.05) is 17.4 Å². The molecule has 1 aromatic carbocycles. The van der Waals surface area contributed by atoms with Crippen LogP contribution in [0.4, 0.5) is 0 Å². The van der Waals surface area contributed by atoms with E-state index < -0.39 is 0 Å². The maximum Gasteiger partial charge on any atom is 0.0637 e. The van der Waals surface area contributed by atoms with Crippen LogP contribution in [-0.4, -0.2) is 29.2 Å². The summed E-state index contributed by atoms with van der Waals surface area (Å²) < 4.78 is 1.28. The van der Waals surface area contributed by atoms with Crippen molar-refractivity contribution < 1.29 is 5.11 Å². The first-order valence-corrected chi connectivity index (χ1v) is 8.50. The Morgan fingerprint density at radius 3 is 3.00 bits per heavy atom. The fourth-order valence-electron chi connectivity index (χ4n) is 3.11. The topological polar surface area (TPSA) is 23.5 Å². The van der Waals surface area contributed by atoms with Crippen molar-refractivity contribution in [2.24, 2.45) is 0 Å². The van der Waals surface area contributed by atoms with Crippen molar-refractivity contribution in [2.45, 2.75) is 38.3 Å². The number of benzene rings is 1. The molecule has 1 fully saturated rings. The second-order valence-electron chi connectivity index (χ2n) is 5.47. The summed E-state index contributed by atoms with van der Waals surface area (Å²) >= 11 is 8.35. The largest absolute Gasteiger partial charge is 0.396 e. The minimum atomic E-state index is 0.300. The molecule has 2 aromatic rings. The highest BCUT2D eigenvalue weighted by molar-refractivity contribution is 7.19. The molecule has 1 aliphatic heterocycles. The van der Waals surface area contributed by atoms with E-state index in [-0.39, 0.29) is 0 Å². The molecule has 1 aliphatic rings. The van der Waals surface area contributed by atoms with Crippen LogP contribution in [0, 0.1) is 0 Å². The highest BCUT2D eigenvalue weighted by atomic mass is 35.5. The molecule has 0 saturated carbocycles. The van der Waals surface area contributed by atoms with Gasteiger partial charge in [0.15, 0.2) is 0 Å². The molecule has 1 saturated heterocycles. The number of aliphatic hydroxyl groups excluding tert-OH is 1. The molecule has 108 valence electrons. The van der Waals surface area contributed by atoms with Gasteiger partial charge < -0.3 is 5.11 Å².